The van der Waals surface area contributed by atoms with Crippen LogP contribution in [0.4, 0.5) is 0 Å². The number of halogens is 1. The maximum atomic E-state index is 12.9. The fourth-order valence-corrected chi connectivity index (χ4v) is 4.59. The van der Waals surface area contributed by atoms with Crippen LogP contribution in [0, 0.1) is 0 Å². The zero-order valence-corrected chi connectivity index (χ0v) is 17.4. The van der Waals surface area contributed by atoms with E-state index in [1.165, 1.54) is 11.8 Å². The van der Waals surface area contributed by atoms with Gasteiger partial charge in [-0.2, -0.15) is 0 Å². The highest BCUT2D eigenvalue weighted by molar-refractivity contribution is 7.99. The Hall–Kier alpha value is -0.130. The molecule has 0 aromatic rings. The first kappa shape index (κ1) is 23.2. The number of carbonyl (C=O) groups is 1. The molecule has 0 spiro atoms. The lowest BCUT2D eigenvalue weighted by atomic mass is 9.92. The van der Waals surface area contributed by atoms with Crippen LogP contribution in [0.3, 0.4) is 0 Å². The Balaban J connectivity index is 2.14. The van der Waals surface area contributed by atoms with Crippen LogP contribution in [0.2, 0.25) is 0 Å². The standard InChI is InChI=1S/C17H32ClN3O5S/c1-9(18)8-10(15-13(23)12(22)14(24)17(26-15)27-2)20-16(25)11-6-4-3-5-7-21(11)19/h9-15,17,22-24H,3-8,19H2,1-2H3,(H,20,25). The summed E-state index contributed by atoms with van der Waals surface area (Å²) in [6, 6.07) is -1.07. The Morgan fingerprint density at radius 1 is 1.30 bits per heavy atom. The number of hydrogen-bond acceptors (Lipinski definition) is 8. The lowest BCUT2D eigenvalue weighted by Crippen LogP contribution is -2.64. The summed E-state index contributed by atoms with van der Waals surface area (Å²) < 4.78 is 5.82. The molecule has 0 saturated carbocycles. The van der Waals surface area contributed by atoms with Crippen LogP contribution < -0.4 is 11.2 Å². The van der Waals surface area contributed by atoms with Gasteiger partial charge in [-0.3, -0.25) is 10.6 Å². The van der Waals surface area contributed by atoms with Gasteiger partial charge in [0.05, 0.1) is 6.04 Å². The van der Waals surface area contributed by atoms with Gasteiger partial charge in [-0.1, -0.05) is 12.8 Å². The normalized spacial score (nSPS) is 38.0. The monoisotopic (exact) mass is 425 g/mol. The van der Waals surface area contributed by atoms with Crippen LogP contribution in [0.5, 0.6) is 0 Å². The van der Waals surface area contributed by atoms with Crippen molar-refractivity contribution in [3.63, 3.8) is 0 Å². The van der Waals surface area contributed by atoms with E-state index in [0.717, 1.165) is 19.3 Å². The number of aliphatic hydroxyl groups is 3. The number of aliphatic hydroxyl groups excluding tert-OH is 3. The minimum absolute atomic E-state index is 0.237. The zero-order valence-electron chi connectivity index (χ0n) is 15.8. The van der Waals surface area contributed by atoms with Crippen molar-refractivity contribution in [2.75, 3.05) is 12.8 Å². The third-order valence-electron chi connectivity index (χ3n) is 5.24. The molecule has 27 heavy (non-hydrogen) atoms. The Morgan fingerprint density at radius 2 is 2.00 bits per heavy atom. The van der Waals surface area contributed by atoms with E-state index >= 15 is 0 Å². The minimum atomic E-state index is -1.37. The molecule has 0 bridgehead atoms. The summed E-state index contributed by atoms with van der Waals surface area (Å²) in [4.78, 5) is 12.9. The molecule has 158 valence electrons. The Bertz CT molecular complexity index is 487. The summed E-state index contributed by atoms with van der Waals surface area (Å²) in [6.45, 7) is 2.44. The van der Waals surface area contributed by atoms with Crippen LogP contribution in [-0.4, -0.2) is 86.3 Å². The molecule has 1 amide bonds. The number of nitrogens with zero attached hydrogens (tertiary/aromatic N) is 1. The second-order valence-electron chi connectivity index (χ2n) is 7.41. The molecular formula is C17H32ClN3O5S. The van der Waals surface area contributed by atoms with Crippen molar-refractivity contribution in [1.29, 1.82) is 0 Å². The first-order valence-corrected chi connectivity index (χ1v) is 11.2. The lowest BCUT2D eigenvalue weighted by molar-refractivity contribution is -0.205. The molecule has 2 rings (SSSR count). The van der Waals surface area contributed by atoms with Gasteiger partial charge in [0.2, 0.25) is 5.91 Å². The smallest absolute Gasteiger partial charge is 0.239 e. The molecule has 0 aromatic heterocycles. The number of amides is 1. The van der Waals surface area contributed by atoms with Gasteiger partial charge in [-0.05, 0) is 32.4 Å². The molecule has 6 N–H and O–H groups in total. The number of hydrazine groups is 1. The molecule has 10 heteroatoms. The fraction of sp³-hybridized carbons (Fsp3) is 0.941. The number of nitrogens with one attached hydrogen (secondary N) is 1. The summed E-state index contributed by atoms with van der Waals surface area (Å²) in [5, 5.41) is 34.9. The van der Waals surface area contributed by atoms with Gasteiger partial charge in [-0.15, -0.1) is 23.4 Å². The van der Waals surface area contributed by atoms with Gasteiger partial charge in [0.1, 0.15) is 35.9 Å². The van der Waals surface area contributed by atoms with E-state index in [2.05, 4.69) is 5.32 Å². The largest absolute Gasteiger partial charge is 0.388 e. The minimum Gasteiger partial charge on any atom is -0.388 e. The molecule has 2 aliphatic rings. The van der Waals surface area contributed by atoms with E-state index in [1.807, 2.05) is 0 Å². The second-order valence-corrected chi connectivity index (χ2v) is 9.09. The molecule has 0 aromatic carbocycles. The average Bonchev–Trinajstić information content (AvgIpc) is 2.83. The van der Waals surface area contributed by atoms with Gasteiger partial charge >= 0.3 is 0 Å². The number of thioether (sulfide) groups is 1. The second kappa shape index (κ2) is 10.6. The summed E-state index contributed by atoms with van der Waals surface area (Å²) in [5.74, 6) is 5.80. The summed E-state index contributed by atoms with van der Waals surface area (Å²) in [7, 11) is 0. The highest BCUT2D eigenvalue weighted by Gasteiger charge is 2.47. The van der Waals surface area contributed by atoms with Crippen molar-refractivity contribution in [2.45, 2.75) is 86.3 Å². The van der Waals surface area contributed by atoms with E-state index in [1.54, 1.807) is 18.2 Å². The highest BCUT2D eigenvalue weighted by atomic mass is 35.5. The van der Waals surface area contributed by atoms with E-state index in [9.17, 15) is 20.1 Å². The van der Waals surface area contributed by atoms with Gasteiger partial charge in [0, 0.05) is 11.9 Å². The molecule has 2 fully saturated rings. The molecule has 8 nitrogen and oxygen atoms in total. The summed E-state index contributed by atoms with van der Waals surface area (Å²) in [5.41, 5.74) is -0.706. The molecule has 2 aliphatic heterocycles. The maximum absolute atomic E-state index is 12.9. The molecule has 2 saturated heterocycles. The number of carbonyl (C=O) groups excluding carboxylic acids is 1. The van der Waals surface area contributed by atoms with E-state index in [4.69, 9.17) is 22.2 Å². The quantitative estimate of drug-likeness (QED) is 0.292. The topological polar surface area (TPSA) is 128 Å². The Kier molecular flexibility index (Phi) is 9.08. The van der Waals surface area contributed by atoms with E-state index in [0.29, 0.717) is 19.4 Å². The molecule has 8 unspecified atom stereocenters. The van der Waals surface area contributed by atoms with Crippen molar-refractivity contribution in [1.82, 2.24) is 10.3 Å². The van der Waals surface area contributed by atoms with E-state index in [-0.39, 0.29) is 11.3 Å². The first-order valence-electron chi connectivity index (χ1n) is 9.44. The number of nitrogens with two attached hydrogens (primary N) is 1. The van der Waals surface area contributed by atoms with Crippen molar-refractivity contribution < 1.29 is 24.9 Å². The highest BCUT2D eigenvalue weighted by Crippen LogP contribution is 2.30. The summed E-state index contributed by atoms with van der Waals surface area (Å²) in [6.07, 6.45) is 0.846. The van der Waals surface area contributed by atoms with Crippen molar-refractivity contribution >= 4 is 29.3 Å². The van der Waals surface area contributed by atoms with Crippen molar-refractivity contribution in [3.05, 3.63) is 0 Å². The van der Waals surface area contributed by atoms with Gasteiger partial charge in [0.25, 0.3) is 0 Å². The van der Waals surface area contributed by atoms with Crippen molar-refractivity contribution in [2.24, 2.45) is 5.84 Å². The zero-order chi connectivity index (χ0) is 20.1. The number of alkyl halides is 1. The predicted molar refractivity (Wildman–Crippen MR) is 105 cm³/mol. The van der Waals surface area contributed by atoms with Crippen LogP contribution in [0.1, 0.15) is 39.0 Å². The van der Waals surface area contributed by atoms with Crippen LogP contribution in [0.25, 0.3) is 0 Å². The lowest BCUT2D eigenvalue weighted by Gasteiger charge is -2.43. The molecular weight excluding hydrogens is 394 g/mol. The third kappa shape index (κ3) is 5.93. The average molecular weight is 426 g/mol. The number of ether oxygens (including phenoxy) is 1. The SMILES string of the molecule is CSC1OC(C(CC(C)Cl)NC(=O)C2CCCCCN2N)C(O)C(O)C1O. The van der Waals surface area contributed by atoms with Crippen LogP contribution in [0.15, 0.2) is 0 Å². The third-order valence-corrected chi connectivity index (χ3v) is 6.27. The van der Waals surface area contributed by atoms with Crippen molar-refractivity contribution in [3.8, 4) is 0 Å². The Labute approximate surface area is 169 Å². The fourth-order valence-electron chi connectivity index (χ4n) is 3.72. The Morgan fingerprint density at radius 3 is 2.63 bits per heavy atom. The molecule has 2 heterocycles. The molecule has 0 radical (unpaired) electrons. The van der Waals surface area contributed by atoms with Gasteiger partial charge in [0.15, 0.2) is 0 Å². The first-order chi connectivity index (χ1) is 12.8. The van der Waals surface area contributed by atoms with Gasteiger partial charge < -0.3 is 25.4 Å². The number of hydrogen-bond donors (Lipinski definition) is 5. The maximum Gasteiger partial charge on any atom is 0.239 e. The molecule has 0 aliphatic carbocycles. The summed E-state index contributed by atoms with van der Waals surface area (Å²) >= 11 is 7.39. The van der Waals surface area contributed by atoms with Crippen LogP contribution >= 0.6 is 23.4 Å². The number of rotatable bonds is 6. The van der Waals surface area contributed by atoms with E-state index < -0.39 is 41.9 Å². The van der Waals surface area contributed by atoms with Gasteiger partial charge in [-0.25, -0.2) is 5.01 Å². The predicted octanol–water partition coefficient (Wildman–Crippen LogP) is -0.222. The van der Waals surface area contributed by atoms with Crippen LogP contribution in [-0.2, 0) is 9.53 Å². The molecule has 8 atom stereocenters.